The van der Waals surface area contributed by atoms with Crippen molar-refractivity contribution in [1.82, 2.24) is 4.90 Å². The highest BCUT2D eigenvalue weighted by molar-refractivity contribution is 6.01. The second-order valence-corrected chi connectivity index (χ2v) is 4.90. The van der Waals surface area contributed by atoms with E-state index >= 15 is 0 Å². The normalized spacial score (nSPS) is 18.1. The number of aromatic carboxylic acids is 1. The molecule has 3 N–H and O–H groups in total. The first-order chi connectivity index (χ1) is 9.54. The van der Waals surface area contributed by atoms with Crippen LogP contribution in [-0.2, 0) is 0 Å². The number of carbonyl (C=O) groups excluding carboxylic acids is 1. The van der Waals surface area contributed by atoms with Gasteiger partial charge in [-0.05, 0) is 31.4 Å². The number of nitrogens with zero attached hydrogens (tertiary/aromatic N) is 1. The van der Waals surface area contributed by atoms with Gasteiger partial charge in [-0.15, -0.1) is 0 Å². The molecule has 0 saturated carbocycles. The van der Waals surface area contributed by atoms with Gasteiger partial charge in [0.1, 0.15) is 0 Å². The van der Waals surface area contributed by atoms with Crippen molar-refractivity contribution in [1.29, 1.82) is 0 Å². The van der Waals surface area contributed by atoms with E-state index in [1.807, 2.05) is 0 Å². The highest BCUT2D eigenvalue weighted by atomic mass is 16.4. The summed E-state index contributed by atoms with van der Waals surface area (Å²) in [6, 6.07) is 4.40. The molecule has 1 unspecified atom stereocenters. The summed E-state index contributed by atoms with van der Waals surface area (Å²) >= 11 is 0. The molecule has 1 aromatic rings. The number of amides is 2. The van der Waals surface area contributed by atoms with Crippen molar-refractivity contribution in [3.05, 3.63) is 29.3 Å². The number of nitrogens with one attached hydrogen (secondary N) is 1. The number of hydrogen-bond donors (Lipinski definition) is 3. The van der Waals surface area contributed by atoms with Crippen LogP contribution in [0.15, 0.2) is 18.2 Å². The summed E-state index contributed by atoms with van der Waals surface area (Å²) in [6.07, 6.45) is 1.61. The lowest BCUT2D eigenvalue weighted by Crippen LogP contribution is -2.40. The van der Waals surface area contributed by atoms with E-state index in [0.29, 0.717) is 12.1 Å². The lowest BCUT2D eigenvalue weighted by atomic mass is 10.1. The molecule has 6 heteroatoms. The molecule has 1 fully saturated rings. The van der Waals surface area contributed by atoms with Gasteiger partial charge >= 0.3 is 12.0 Å². The number of carboxylic acids is 1. The molecule has 1 aliphatic heterocycles. The Hall–Kier alpha value is -2.08. The SMILES string of the molecule is Cc1cccc(NC(=O)N2CCCC2CO)c1C(=O)O. The topological polar surface area (TPSA) is 89.9 Å². The van der Waals surface area contributed by atoms with Gasteiger partial charge < -0.3 is 20.4 Å². The summed E-state index contributed by atoms with van der Waals surface area (Å²) in [5.41, 5.74) is 0.974. The molecule has 1 aliphatic rings. The van der Waals surface area contributed by atoms with E-state index < -0.39 is 5.97 Å². The van der Waals surface area contributed by atoms with Crippen molar-refractivity contribution < 1.29 is 19.8 Å². The number of urea groups is 1. The Labute approximate surface area is 117 Å². The minimum Gasteiger partial charge on any atom is -0.478 e. The van der Waals surface area contributed by atoms with E-state index in [2.05, 4.69) is 5.32 Å². The Bertz CT molecular complexity index is 530. The van der Waals surface area contributed by atoms with Crippen LogP contribution in [0.3, 0.4) is 0 Å². The predicted molar refractivity (Wildman–Crippen MR) is 74.0 cm³/mol. The molecular formula is C14H18N2O4. The zero-order chi connectivity index (χ0) is 14.7. The average Bonchev–Trinajstić information content (AvgIpc) is 2.86. The van der Waals surface area contributed by atoms with Crippen molar-refractivity contribution in [3.8, 4) is 0 Å². The Balaban J connectivity index is 2.20. The number of hydrogen-bond acceptors (Lipinski definition) is 3. The molecule has 0 aliphatic carbocycles. The number of aryl methyl sites for hydroxylation is 1. The number of carboxylic acid groups (broad SMARTS) is 1. The van der Waals surface area contributed by atoms with Gasteiger partial charge in [-0.3, -0.25) is 0 Å². The highest BCUT2D eigenvalue weighted by Crippen LogP contribution is 2.22. The molecule has 0 spiro atoms. The molecule has 2 rings (SSSR count). The van der Waals surface area contributed by atoms with E-state index in [0.717, 1.165) is 12.8 Å². The fraction of sp³-hybridized carbons (Fsp3) is 0.429. The second kappa shape index (κ2) is 5.92. The van der Waals surface area contributed by atoms with Crippen LogP contribution >= 0.6 is 0 Å². The van der Waals surface area contributed by atoms with Gasteiger partial charge in [0.15, 0.2) is 0 Å². The van der Waals surface area contributed by atoms with Crippen LogP contribution in [-0.4, -0.2) is 46.3 Å². The molecule has 20 heavy (non-hydrogen) atoms. The largest absolute Gasteiger partial charge is 0.478 e. The third-order valence-corrected chi connectivity index (χ3v) is 3.58. The maximum Gasteiger partial charge on any atom is 0.338 e. The Kier molecular flexibility index (Phi) is 4.24. The van der Waals surface area contributed by atoms with Crippen molar-refractivity contribution in [2.75, 3.05) is 18.5 Å². The zero-order valence-electron chi connectivity index (χ0n) is 11.3. The predicted octanol–water partition coefficient (Wildman–Crippen LogP) is 1.68. The third kappa shape index (κ3) is 2.75. The fourth-order valence-corrected chi connectivity index (χ4v) is 2.54. The summed E-state index contributed by atoms with van der Waals surface area (Å²) in [6.45, 7) is 2.18. The van der Waals surface area contributed by atoms with Crippen LogP contribution in [0, 0.1) is 6.92 Å². The molecule has 2 amide bonds. The first-order valence-corrected chi connectivity index (χ1v) is 6.56. The summed E-state index contributed by atoms with van der Waals surface area (Å²) < 4.78 is 0. The summed E-state index contributed by atoms with van der Waals surface area (Å²) in [5, 5.41) is 21.1. The maximum absolute atomic E-state index is 12.2. The standard InChI is InChI=1S/C14H18N2O4/c1-9-4-2-6-11(12(9)13(18)19)15-14(20)16-7-3-5-10(16)8-17/h2,4,6,10,17H,3,5,7-8H2,1H3,(H,15,20)(H,18,19). The van der Waals surface area contributed by atoms with Gasteiger partial charge in [-0.25, -0.2) is 9.59 Å². The first-order valence-electron chi connectivity index (χ1n) is 6.56. The molecule has 1 saturated heterocycles. The smallest absolute Gasteiger partial charge is 0.338 e. The van der Waals surface area contributed by atoms with Crippen molar-refractivity contribution in [3.63, 3.8) is 0 Å². The van der Waals surface area contributed by atoms with Gasteiger partial charge in [0.25, 0.3) is 0 Å². The van der Waals surface area contributed by atoms with Crippen LogP contribution in [0.5, 0.6) is 0 Å². The molecule has 1 heterocycles. The summed E-state index contributed by atoms with van der Waals surface area (Å²) in [5.74, 6) is -1.07. The Morgan fingerprint density at radius 1 is 1.45 bits per heavy atom. The Morgan fingerprint density at radius 2 is 2.20 bits per heavy atom. The Morgan fingerprint density at radius 3 is 2.85 bits per heavy atom. The number of aliphatic hydroxyl groups is 1. The lowest BCUT2D eigenvalue weighted by molar-refractivity contribution is 0.0697. The van der Waals surface area contributed by atoms with Gasteiger partial charge in [0, 0.05) is 6.54 Å². The number of likely N-dealkylation sites (tertiary alicyclic amines) is 1. The number of benzene rings is 1. The van der Waals surface area contributed by atoms with E-state index in [4.69, 9.17) is 0 Å². The van der Waals surface area contributed by atoms with Crippen LogP contribution in [0.4, 0.5) is 10.5 Å². The second-order valence-electron chi connectivity index (χ2n) is 4.90. The van der Waals surface area contributed by atoms with E-state index in [-0.39, 0.29) is 29.9 Å². The van der Waals surface area contributed by atoms with E-state index in [1.165, 1.54) is 0 Å². The average molecular weight is 278 g/mol. The third-order valence-electron chi connectivity index (χ3n) is 3.58. The molecule has 1 atom stereocenters. The minimum absolute atomic E-state index is 0.0764. The lowest BCUT2D eigenvalue weighted by Gasteiger charge is -2.24. The van der Waals surface area contributed by atoms with Gasteiger partial charge in [-0.1, -0.05) is 12.1 Å². The quantitative estimate of drug-likeness (QED) is 0.784. The van der Waals surface area contributed by atoms with E-state index in [1.54, 1.807) is 30.0 Å². The minimum atomic E-state index is -1.07. The van der Waals surface area contributed by atoms with Crippen molar-refractivity contribution in [2.24, 2.45) is 0 Å². The van der Waals surface area contributed by atoms with Crippen LogP contribution in [0.2, 0.25) is 0 Å². The number of aliphatic hydroxyl groups excluding tert-OH is 1. The van der Waals surface area contributed by atoms with Crippen molar-refractivity contribution >= 4 is 17.7 Å². The first kappa shape index (κ1) is 14.3. The zero-order valence-corrected chi connectivity index (χ0v) is 11.3. The number of anilines is 1. The molecule has 0 radical (unpaired) electrons. The monoisotopic (exact) mass is 278 g/mol. The highest BCUT2D eigenvalue weighted by Gasteiger charge is 2.28. The van der Waals surface area contributed by atoms with Crippen LogP contribution < -0.4 is 5.32 Å². The number of carbonyl (C=O) groups is 2. The molecular weight excluding hydrogens is 260 g/mol. The number of rotatable bonds is 3. The van der Waals surface area contributed by atoms with Crippen LogP contribution in [0.1, 0.15) is 28.8 Å². The summed E-state index contributed by atoms with van der Waals surface area (Å²) in [4.78, 5) is 25.0. The fourth-order valence-electron chi connectivity index (χ4n) is 2.54. The van der Waals surface area contributed by atoms with Gasteiger partial charge in [-0.2, -0.15) is 0 Å². The molecule has 0 bridgehead atoms. The molecule has 1 aromatic carbocycles. The van der Waals surface area contributed by atoms with Crippen molar-refractivity contribution in [2.45, 2.75) is 25.8 Å². The van der Waals surface area contributed by atoms with Crippen LogP contribution in [0.25, 0.3) is 0 Å². The maximum atomic E-state index is 12.2. The van der Waals surface area contributed by atoms with Gasteiger partial charge in [0.2, 0.25) is 0 Å². The van der Waals surface area contributed by atoms with E-state index in [9.17, 15) is 19.8 Å². The molecule has 0 aromatic heterocycles. The molecule has 6 nitrogen and oxygen atoms in total. The summed E-state index contributed by atoms with van der Waals surface area (Å²) in [7, 11) is 0. The van der Waals surface area contributed by atoms with Gasteiger partial charge in [0.05, 0.1) is 23.9 Å². The molecule has 108 valence electrons.